The van der Waals surface area contributed by atoms with E-state index in [4.69, 9.17) is 4.74 Å². The van der Waals surface area contributed by atoms with Gasteiger partial charge in [0.1, 0.15) is 5.82 Å². The number of ether oxygens (including phenoxy) is 1. The number of rotatable bonds is 5. The van der Waals surface area contributed by atoms with Crippen LogP contribution in [-0.2, 0) is 4.74 Å². The van der Waals surface area contributed by atoms with Crippen molar-refractivity contribution in [3.05, 3.63) is 53.8 Å². The largest absolute Gasteiger partial charge is 0.378 e. The van der Waals surface area contributed by atoms with Gasteiger partial charge < -0.3 is 19.9 Å². The first-order valence-electron chi connectivity index (χ1n) is 11.0. The summed E-state index contributed by atoms with van der Waals surface area (Å²) in [5, 5.41) is 2.80. The van der Waals surface area contributed by atoms with Crippen LogP contribution >= 0.6 is 0 Å². The Morgan fingerprint density at radius 3 is 2.23 bits per heavy atom. The molecule has 0 aromatic heterocycles. The van der Waals surface area contributed by atoms with Gasteiger partial charge in [-0.1, -0.05) is 0 Å². The molecule has 0 unspecified atom stereocenters. The van der Waals surface area contributed by atoms with Crippen LogP contribution in [0.3, 0.4) is 0 Å². The molecular weight excluding hydrogens is 395 g/mol. The zero-order valence-electron chi connectivity index (χ0n) is 18.3. The molecule has 2 aliphatic rings. The van der Waals surface area contributed by atoms with Gasteiger partial charge in [0, 0.05) is 62.2 Å². The van der Waals surface area contributed by atoms with Crippen LogP contribution in [0.2, 0.25) is 0 Å². The standard InChI is InChI=1S/C24H31FN4O2/c1-18(2)27-9-11-28(12-10-27)21-6-3-19(4-7-21)24(30)26-20-5-8-23(22(25)17-20)29-13-15-31-16-14-29/h3-8,17-18H,9-16H2,1-2H3,(H,26,30). The fourth-order valence-corrected chi connectivity index (χ4v) is 4.17. The van der Waals surface area contributed by atoms with E-state index in [9.17, 15) is 9.18 Å². The Morgan fingerprint density at radius 2 is 1.61 bits per heavy atom. The van der Waals surface area contributed by atoms with E-state index in [-0.39, 0.29) is 11.7 Å². The Labute approximate surface area is 183 Å². The normalized spacial score (nSPS) is 17.8. The van der Waals surface area contributed by atoms with Crippen molar-refractivity contribution in [2.45, 2.75) is 19.9 Å². The number of benzene rings is 2. The summed E-state index contributed by atoms with van der Waals surface area (Å²) in [4.78, 5) is 19.4. The fourth-order valence-electron chi connectivity index (χ4n) is 4.17. The second-order valence-corrected chi connectivity index (χ2v) is 8.38. The molecule has 1 amide bonds. The van der Waals surface area contributed by atoms with Crippen LogP contribution in [0.25, 0.3) is 0 Å². The lowest BCUT2D eigenvalue weighted by Gasteiger charge is -2.38. The summed E-state index contributed by atoms with van der Waals surface area (Å²) in [6, 6.07) is 13.1. The Kier molecular flexibility index (Phi) is 6.73. The van der Waals surface area contributed by atoms with Crippen LogP contribution in [0.5, 0.6) is 0 Å². The van der Waals surface area contributed by atoms with Crippen molar-refractivity contribution in [1.82, 2.24) is 4.90 Å². The highest BCUT2D eigenvalue weighted by molar-refractivity contribution is 6.04. The summed E-state index contributed by atoms with van der Waals surface area (Å²) >= 11 is 0. The number of piperazine rings is 1. The lowest BCUT2D eigenvalue weighted by atomic mass is 10.1. The molecule has 0 radical (unpaired) electrons. The van der Waals surface area contributed by atoms with Crippen LogP contribution in [0, 0.1) is 5.82 Å². The molecule has 2 aromatic carbocycles. The van der Waals surface area contributed by atoms with Gasteiger partial charge in [0.05, 0.1) is 18.9 Å². The van der Waals surface area contributed by atoms with Crippen molar-refractivity contribution in [3.8, 4) is 0 Å². The lowest BCUT2D eigenvalue weighted by molar-refractivity contribution is 0.102. The van der Waals surface area contributed by atoms with Crippen LogP contribution in [-0.4, -0.2) is 69.3 Å². The van der Waals surface area contributed by atoms with Gasteiger partial charge in [-0.3, -0.25) is 9.69 Å². The number of halogens is 1. The highest BCUT2D eigenvalue weighted by Crippen LogP contribution is 2.24. The van der Waals surface area contributed by atoms with Gasteiger partial charge in [-0.05, 0) is 56.3 Å². The molecule has 2 aromatic rings. The van der Waals surface area contributed by atoms with E-state index in [2.05, 4.69) is 29.0 Å². The predicted molar refractivity (Wildman–Crippen MR) is 123 cm³/mol. The maximum absolute atomic E-state index is 14.6. The fraction of sp³-hybridized carbons (Fsp3) is 0.458. The molecule has 2 fully saturated rings. The van der Waals surface area contributed by atoms with Crippen LogP contribution < -0.4 is 15.1 Å². The summed E-state index contributed by atoms with van der Waals surface area (Å²) in [6.07, 6.45) is 0. The summed E-state index contributed by atoms with van der Waals surface area (Å²) in [5.74, 6) is -0.578. The highest BCUT2D eigenvalue weighted by Gasteiger charge is 2.19. The van der Waals surface area contributed by atoms with Crippen LogP contribution in [0.4, 0.5) is 21.5 Å². The number of nitrogens with one attached hydrogen (secondary N) is 1. The number of carbonyl (C=O) groups is 1. The second-order valence-electron chi connectivity index (χ2n) is 8.38. The zero-order chi connectivity index (χ0) is 21.8. The molecule has 0 saturated carbocycles. The van der Waals surface area contributed by atoms with E-state index in [0.29, 0.717) is 49.3 Å². The van der Waals surface area contributed by atoms with Crippen molar-refractivity contribution < 1.29 is 13.9 Å². The maximum atomic E-state index is 14.6. The third-order valence-electron chi connectivity index (χ3n) is 6.10. The van der Waals surface area contributed by atoms with Gasteiger partial charge in [0.15, 0.2) is 0 Å². The molecule has 166 valence electrons. The number of nitrogens with zero attached hydrogens (tertiary/aromatic N) is 3. The molecule has 0 aliphatic carbocycles. The van der Waals surface area contributed by atoms with E-state index in [1.54, 1.807) is 12.1 Å². The first kappa shape index (κ1) is 21.6. The van der Waals surface area contributed by atoms with Gasteiger partial charge in [-0.2, -0.15) is 0 Å². The third-order valence-corrected chi connectivity index (χ3v) is 6.10. The molecule has 31 heavy (non-hydrogen) atoms. The molecule has 2 heterocycles. The third kappa shape index (κ3) is 5.17. The monoisotopic (exact) mass is 426 g/mol. The Bertz CT molecular complexity index is 889. The molecule has 0 bridgehead atoms. The van der Waals surface area contributed by atoms with E-state index >= 15 is 0 Å². The quantitative estimate of drug-likeness (QED) is 0.794. The van der Waals surface area contributed by atoms with E-state index in [1.165, 1.54) is 6.07 Å². The summed E-state index contributed by atoms with van der Waals surface area (Å²) < 4.78 is 19.9. The topological polar surface area (TPSA) is 48.0 Å². The summed E-state index contributed by atoms with van der Waals surface area (Å²) in [6.45, 7) is 11.1. The van der Waals surface area contributed by atoms with Crippen molar-refractivity contribution >= 4 is 23.0 Å². The highest BCUT2D eigenvalue weighted by atomic mass is 19.1. The zero-order valence-corrected chi connectivity index (χ0v) is 18.3. The number of amides is 1. The molecule has 0 atom stereocenters. The average molecular weight is 427 g/mol. The smallest absolute Gasteiger partial charge is 0.255 e. The van der Waals surface area contributed by atoms with Gasteiger partial charge in [-0.25, -0.2) is 4.39 Å². The molecule has 4 rings (SSSR count). The minimum Gasteiger partial charge on any atom is -0.378 e. The Hall–Kier alpha value is -2.64. The molecule has 6 nitrogen and oxygen atoms in total. The van der Waals surface area contributed by atoms with Crippen LogP contribution in [0.15, 0.2) is 42.5 Å². The van der Waals surface area contributed by atoms with Gasteiger partial charge in [-0.15, -0.1) is 0 Å². The van der Waals surface area contributed by atoms with E-state index in [1.807, 2.05) is 29.2 Å². The van der Waals surface area contributed by atoms with Crippen molar-refractivity contribution in [2.24, 2.45) is 0 Å². The minimum atomic E-state index is -0.337. The van der Waals surface area contributed by atoms with Crippen LogP contribution in [0.1, 0.15) is 24.2 Å². The Balaban J connectivity index is 1.36. The molecule has 7 heteroatoms. The van der Waals surface area contributed by atoms with Crippen molar-refractivity contribution in [1.29, 1.82) is 0 Å². The van der Waals surface area contributed by atoms with E-state index in [0.717, 1.165) is 31.9 Å². The first-order chi connectivity index (χ1) is 15.0. The number of morpholine rings is 1. The number of anilines is 3. The van der Waals surface area contributed by atoms with Crippen molar-refractivity contribution in [3.63, 3.8) is 0 Å². The molecule has 2 saturated heterocycles. The summed E-state index contributed by atoms with van der Waals surface area (Å²) in [5.41, 5.74) is 2.68. The first-order valence-corrected chi connectivity index (χ1v) is 11.0. The average Bonchev–Trinajstić information content (AvgIpc) is 2.80. The molecule has 2 aliphatic heterocycles. The second kappa shape index (κ2) is 9.66. The number of hydrogen-bond acceptors (Lipinski definition) is 5. The van der Waals surface area contributed by atoms with Gasteiger partial charge in [0.2, 0.25) is 0 Å². The Morgan fingerprint density at radius 1 is 0.935 bits per heavy atom. The lowest BCUT2D eigenvalue weighted by Crippen LogP contribution is -2.48. The number of carbonyl (C=O) groups excluding carboxylic acids is 1. The van der Waals surface area contributed by atoms with Gasteiger partial charge >= 0.3 is 0 Å². The maximum Gasteiger partial charge on any atom is 0.255 e. The van der Waals surface area contributed by atoms with Crippen molar-refractivity contribution in [2.75, 3.05) is 67.6 Å². The minimum absolute atomic E-state index is 0.241. The summed E-state index contributed by atoms with van der Waals surface area (Å²) in [7, 11) is 0. The molecule has 0 spiro atoms. The predicted octanol–water partition coefficient (Wildman–Crippen LogP) is 3.45. The molecular formula is C24H31FN4O2. The molecule has 1 N–H and O–H groups in total. The number of hydrogen-bond donors (Lipinski definition) is 1. The van der Waals surface area contributed by atoms with E-state index < -0.39 is 0 Å². The SMILES string of the molecule is CC(C)N1CCN(c2ccc(C(=O)Nc3ccc(N4CCOCC4)c(F)c3)cc2)CC1. The van der Waals surface area contributed by atoms with Gasteiger partial charge in [0.25, 0.3) is 5.91 Å².